The van der Waals surface area contributed by atoms with Crippen molar-refractivity contribution in [1.82, 2.24) is 5.32 Å². The summed E-state index contributed by atoms with van der Waals surface area (Å²) in [5.74, 6) is -1.53. The van der Waals surface area contributed by atoms with Crippen molar-refractivity contribution in [3.63, 3.8) is 0 Å². The van der Waals surface area contributed by atoms with Gasteiger partial charge in [0.15, 0.2) is 12.4 Å². The Morgan fingerprint density at radius 3 is 2.41 bits per heavy atom. The molecule has 2 aromatic carbocycles. The van der Waals surface area contributed by atoms with Crippen LogP contribution in [-0.4, -0.2) is 24.4 Å². The molecule has 3 aromatic rings. The zero-order valence-electron chi connectivity index (χ0n) is 15.8. The van der Waals surface area contributed by atoms with Gasteiger partial charge >= 0.3 is 5.97 Å². The molecule has 0 radical (unpaired) electrons. The first-order valence-electron chi connectivity index (χ1n) is 9.00. The molecule has 148 valence electrons. The van der Waals surface area contributed by atoms with Gasteiger partial charge < -0.3 is 19.8 Å². The van der Waals surface area contributed by atoms with Crippen LogP contribution in [0.15, 0.2) is 77.4 Å². The van der Waals surface area contributed by atoms with Gasteiger partial charge in [-0.3, -0.25) is 9.59 Å². The zero-order chi connectivity index (χ0) is 20.6. The van der Waals surface area contributed by atoms with Crippen LogP contribution in [0.1, 0.15) is 39.4 Å². The van der Waals surface area contributed by atoms with Gasteiger partial charge in [-0.2, -0.15) is 0 Å². The minimum Gasteiger partial charge on any atom is -0.459 e. The molecule has 1 atom stereocenters. The Labute approximate surface area is 167 Å². The lowest BCUT2D eigenvalue weighted by atomic mass is 10.1. The van der Waals surface area contributed by atoms with Crippen molar-refractivity contribution in [2.45, 2.75) is 13.0 Å². The van der Waals surface area contributed by atoms with Crippen molar-refractivity contribution in [2.75, 3.05) is 11.9 Å². The second-order valence-electron chi connectivity index (χ2n) is 6.25. The summed E-state index contributed by atoms with van der Waals surface area (Å²) >= 11 is 0. The Morgan fingerprint density at radius 2 is 1.69 bits per heavy atom. The second-order valence-corrected chi connectivity index (χ2v) is 6.25. The van der Waals surface area contributed by atoms with Crippen molar-refractivity contribution < 1.29 is 23.5 Å². The molecule has 2 N–H and O–H groups in total. The summed E-state index contributed by atoms with van der Waals surface area (Å²) in [5.41, 5.74) is 1.34. The van der Waals surface area contributed by atoms with Crippen LogP contribution in [0, 0.1) is 0 Å². The fourth-order valence-electron chi connectivity index (χ4n) is 2.68. The minimum absolute atomic E-state index is 0.113. The molecule has 0 saturated heterocycles. The van der Waals surface area contributed by atoms with Crippen LogP contribution in [0.5, 0.6) is 0 Å². The molecule has 0 aliphatic carbocycles. The van der Waals surface area contributed by atoms with Crippen LogP contribution in [0.4, 0.5) is 5.69 Å². The van der Waals surface area contributed by atoms with E-state index < -0.39 is 24.4 Å². The van der Waals surface area contributed by atoms with E-state index in [1.807, 2.05) is 37.3 Å². The van der Waals surface area contributed by atoms with E-state index in [4.69, 9.17) is 9.15 Å². The summed E-state index contributed by atoms with van der Waals surface area (Å²) in [6, 6.07) is 18.7. The van der Waals surface area contributed by atoms with E-state index >= 15 is 0 Å². The van der Waals surface area contributed by atoms with Crippen LogP contribution in [0.25, 0.3) is 0 Å². The number of hydrogen-bond donors (Lipinski definition) is 2. The van der Waals surface area contributed by atoms with Crippen LogP contribution < -0.4 is 10.6 Å². The average Bonchev–Trinajstić information content (AvgIpc) is 3.28. The molecular formula is C22H20N2O5. The van der Waals surface area contributed by atoms with Crippen LogP contribution >= 0.6 is 0 Å². The lowest BCUT2D eigenvalue weighted by molar-refractivity contribution is -0.124. The molecule has 7 heteroatoms. The largest absolute Gasteiger partial charge is 0.459 e. The topological polar surface area (TPSA) is 97.6 Å². The quantitative estimate of drug-likeness (QED) is 0.599. The van der Waals surface area contributed by atoms with Gasteiger partial charge in [-0.25, -0.2) is 4.79 Å². The van der Waals surface area contributed by atoms with Crippen molar-refractivity contribution in [3.8, 4) is 0 Å². The predicted octanol–water partition coefficient (Wildman–Crippen LogP) is 3.57. The summed E-state index contributed by atoms with van der Waals surface area (Å²) in [4.78, 5) is 36.7. The van der Waals surface area contributed by atoms with E-state index in [2.05, 4.69) is 10.6 Å². The Kier molecular flexibility index (Phi) is 6.42. The van der Waals surface area contributed by atoms with Gasteiger partial charge in [-0.15, -0.1) is 0 Å². The molecule has 7 nitrogen and oxygen atoms in total. The second kappa shape index (κ2) is 9.36. The minimum atomic E-state index is -0.720. The maximum atomic E-state index is 12.4. The first kappa shape index (κ1) is 19.9. The lowest BCUT2D eigenvalue weighted by Gasteiger charge is -2.15. The van der Waals surface area contributed by atoms with Gasteiger partial charge in [0.25, 0.3) is 11.8 Å². The van der Waals surface area contributed by atoms with Gasteiger partial charge in [-0.05, 0) is 36.8 Å². The Hall–Kier alpha value is -3.87. The van der Waals surface area contributed by atoms with Gasteiger partial charge in [-0.1, -0.05) is 42.5 Å². The fourth-order valence-corrected chi connectivity index (χ4v) is 2.68. The number of amides is 2. The smallest absolute Gasteiger partial charge is 0.340 e. The summed E-state index contributed by atoms with van der Waals surface area (Å²) in [5, 5.41) is 5.37. The molecule has 0 unspecified atom stereocenters. The average molecular weight is 392 g/mol. The number of anilines is 1. The first-order valence-corrected chi connectivity index (χ1v) is 9.00. The Bertz CT molecular complexity index is 983. The Balaban J connectivity index is 1.58. The van der Waals surface area contributed by atoms with Crippen LogP contribution in [0.3, 0.4) is 0 Å². The summed E-state index contributed by atoms with van der Waals surface area (Å²) in [7, 11) is 0. The summed E-state index contributed by atoms with van der Waals surface area (Å²) in [6.07, 6.45) is 1.38. The van der Waals surface area contributed by atoms with Gasteiger partial charge in [0.2, 0.25) is 0 Å². The predicted molar refractivity (Wildman–Crippen MR) is 106 cm³/mol. The number of esters is 1. The third-order valence-corrected chi connectivity index (χ3v) is 4.15. The number of ether oxygens (including phenoxy) is 1. The molecule has 3 rings (SSSR count). The van der Waals surface area contributed by atoms with E-state index in [1.54, 1.807) is 24.3 Å². The van der Waals surface area contributed by atoms with Gasteiger partial charge in [0.1, 0.15) is 0 Å². The number of furan rings is 1. The highest BCUT2D eigenvalue weighted by Crippen LogP contribution is 2.18. The van der Waals surface area contributed by atoms with E-state index in [1.165, 1.54) is 18.4 Å². The number of carbonyl (C=O) groups excluding carboxylic acids is 3. The van der Waals surface area contributed by atoms with E-state index in [0.29, 0.717) is 0 Å². The molecule has 0 fully saturated rings. The monoisotopic (exact) mass is 392 g/mol. The van der Waals surface area contributed by atoms with E-state index in [9.17, 15) is 14.4 Å². The first-order chi connectivity index (χ1) is 14.0. The van der Waals surface area contributed by atoms with Crippen LogP contribution in [0.2, 0.25) is 0 Å². The molecule has 1 aromatic heterocycles. The number of hydrogen-bond acceptors (Lipinski definition) is 5. The normalized spacial score (nSPS) is 11.3. The Morgan fingerprint density at radius 1 is 0.966 bits per heavy atom. The third-order valence-electron chi connectivity index (χ3n) is 4.15. The third kappa shape index (κ3) is 5.32. The van der Waals surface area contributed by atoms with Crippen molar-refractivity contribution in [3.05, 3.63) is 89.9 Å². The van der Waals surface area contributed by atoms with E-state index in [-0.39, 0.29) is 23.1 Å². The molecule has 29 heavy (non-hydrogen) atoms. The molecular weight excluding hydrogens is 372 g/mol. The maximum Gasteiger partial charge on any atom is 0.340 e. The fraction of sp³-hybridized carbons (Fsp3) is 0.136. The maximum absolute atomic E-state index is 12.4. The molecule has 0 spiro atoms. The standard InChI is InChI=1S/C22H20N2O5/c1-15(16-8-3-2-4-9-16)23-20(25)14-29-22(27)17-10-5-6-11-18(17)24-21(26)19-12-7-13-28-19/h2-13,15H,14H2,1H3,(H,23,25)(H,24,26)/t15-/m0/s1. The van der Waals surface area contributed by atoms with Gasteiger partial charge in [0.05, 0.1) is 23.6 Å². The highest BCUT2D eigenvalue weighted by atomic mass is 16.5. The number of para-hydroxylation sites is 1. The summed E-state index contributed by atoms with van der Waals surface area (Å²) < 4.78 is 10.2. The SMILES string of the molecule is C[C@H](NC(=O)COC(=O)c1ccccc1NC(=O)c1ccco1)c1ccccc1. The molecule has 0 bridgehead atoms. The van der Waals surface area contributed by atoms with Crippen molar-refractivity contribution in [1.29, 1.82) is 0 Å². The highest BCUT2D eigenvalue weighted by molar-refractivity contribution is 6.06. The van der Waals surface area contributed by atoms with Crippen molar-refractivity contribution in [2.24, 2.45) is 0 Å². The number of carbonyl (C=O) groups is 3. The van der Waals surface area contributed by atoms with Crippen molar-refractivity contribution >= 4 is 23.5 Å². The molecule has 2 amide bonds. The molecule has 0 aliphatic heterocycles. The number of benzene rings is 2. The highest BCUT2D eigenvalue weighted by Gasteiger charge is 2.18. The molecule has 0 aliphatic rings. The van der Waals surface area contributed by atoms with E-state index in [0.717, 1.165) is 5.56 Å². The van der Waals surface area contributed by atoms with Crippen LogP contribution in [-0.2, 0) is 9.53 Å². The van der Waals surface area contributed by atoms with Gasteiger partial charge in [0, 0.05) is 0 Å². The zero-order valence-corrected chi connectivity index (χ0v) is 15.8. The number of rotatable bonds is 7. The molecule has 0 saturated carbocycles. The lowest BCUT2D eigenvalue weighted by Crippen LogP contribution is -2.31. The molecule has 1 heterocycles. The number of nitrogens with one attached hydrogen (secondary N) is 2. The summed E-state index contributed by atoms with van der Waals surface area (Å²) in [6.45, 7) is 1.41.